The number of nitrogens with zero attached hydrogens (tertiary/aromatic N) is 1. The van der Waals surface area contributed by atoms with E-state index in [0.717, 1.165) is 17.5 Å². The van der Waals surface area contributed by atoms with Crippen molar-refractivity contribution in [3.63, 3.8) is 0 Å². The first kappa shape index (κ1) is 17.4. The van der Waals surface area contributed by atoms with Gasteiger partial charge >= 0.3 is 0 Å². The molecule has 0 aromatic heterocycles. The summed E-state index contributed by atoms with van der Waals surface area (Å²) in [5, 5.41) is 6.76. The fourth-order valence-electron chi connectivity index (χ4n) is 2.11. The Kier molecular flexibility index (Phi) is 6.25. The molecule has 0 aliphatic heterocycles. The average molecular weight is 323 g/mol. The van der Waals surface area contributed by atoms with Gasteiger partial charge in [-0.05, 0) is 48.7 Å². The van der Waals surface area contributed by atoms with Crippen molar-refractivity contribution in [2.75, 3.05) is 5.32 Å². The molecule has 0 radical (unpaired) electrons. The van der Waals surface area contributed by atoms with Crippen molar-refractivity contribution in [1.29, 1.82) is 0 Å². The van der Waals surface area contributed by atoms with Gasteiger partial charge in [-0.3, -0.25) is 9.59 Å². The molecule has 2 aromatic carbocycles. The zero-order valence-electron chi connectivity index (χ0n) is 13.9. The summed E-state index contributed by atoms with van der Waals surface area (Å²) in [6, 6.07) is 14.5. The molecule has 0 saturated heterocycles. The monoisotopic (exact) mass is 323 g/mol. The van der Waals surface area contributed by atoms with Gasteiger partial charge in [0.25, 0.3) is 5.91 Å². The number of nitrogens with one attached hydrogen (secondary N) is 2. The van der Waals surface area contributed by atoms with Crippen LogP contribution in [0.25, 0.3) is 0 Å². The number of aryl methyl sites for hydroxylation is 1. The van der Waals surface area contributed by atoms with Gasteiger partial charge < -0.3 is 5.32 Å². The molecule has 0 saturated carbocycles. The van der Waals surface area contributed by atoms with Crippen LogP contribution in [0.3, 0.4) is 0 Å². The highest BCUT2D eigenvalue weighted by Crippen LogP contribution is 2.10. The zero-order valence-corrected chi connectivity index (χ0v) is 13.9. The van der Waals surface area contributed by atoms with Crippen LogP contribution in [-0.2, 0) is 4.79 Å². The van der Waals surface area contributed by atoms with E-state index in [4.69, 9.17) is 0 Å². The molecule has 0 aliphatic carbocycles. The summed E-state index contributed by atoms with van der Waals surface area (Å²) in [5.74, 6) is -0.330. The fraction of sp³-hybridized carbons (Fsp3) is 0.211. The lowest BCUT2D eigenvalue weighted by Gasteiger charge is -2.05. The van der Waals surface area contributed by atoms with E-state index in [1.54, 1.807) is 30.5 Å². The molecule has 0 fully saturated rings. The Hall–Kier alpha value is -2.95. The third-order valence-electron chi connectivity index (χ3n) is 3.47. The first-order valence-electron chi connectivity index (χ1n) is 7.89. The summed E-state index contributed by atoms with van der Waals surface area (Å²) in [5.41, 5.74) is 5.69. The molecule has 0 spiro atoms. The molecule has 2 rings (SSSR count). The van der Waals surface area contributed by atoms with Crippen molar-refractivity contribution in [1.82, 2.24) is 5.43 Å². The Morgan fingerprint density at radius 1 is 1.08 bits per heavy atom. The van der Waals surface area contributed by atoms with Gasteiger partial charge in [0, 0.05) is 17.7 Å². The fourth-order valence-corrected chi connectivity index (χ4v) is 2.11. The molecule has 124 valence electrons. The summed E-state index contributed by atoms with van der Waals surface area (Å²) in [7, 11) is 0. The maximum Gasteiger partial charge on any atom is 0.271 e. The Labute approximate surface area is 141 Å². The third kappa shape index (κ3) is 5.05. The van der Waals surface area contributed by atoms with Gasteiger partial charge in [0.1, 0.15) is 0 Å². The van der Waals surface area contributed by atoms with Crippen LogP contribution in [0.2, 0.25) is 0 Å². The van der Waals surface area contributed by atoms with Crippen LogP contribution >= 0.6 is 0 Å². The van der Waals surface area contributed by atoms with E-state index < -0.39 is 0 Å². The third-order valence-corrected chi connectivity index (χ3v) is 3.47. The summed E-state index contributed by atoms with van der Waals surface area (Å²) in [6.07, 6.45) is 2.90. The van der Waals surface area contributed by atoms with Crippen molar-refractivity contribution in [2.45, 2.75) is 26.7 Å². The number of amides is 2. The van der Waals surface area contributed by atoms with E-state index in [1.807, 2.05) is 38.1 Å². The van der Waals surface area contributed by atoms with Crippen LogP contribution < -0.4 is 10.7 Å². The van der Waals surface area contributed by atoms with Crippen LogP contribution in [0.4, 0.5) is 5.69 Å². The Balaban J connectivity index is 1.93. The number of carbonyl (C=O) groups is 2. The van der Waals surface area contributed by atoms with Crippen LogP contribution in [0.15, 0.2) is 53.6 Å². The summed E-state index contributed by atoms with van der Waals surface area (Å²) in [4.78, 5) is 23.6. The normalized spacial score (nSPS) is 10.6. The smallest absolute Gasteiger partial charge is 0.271 e. The van der Waals surface area contributed by atoms with Crippen molar-refractivity contribution in [3.05, 3.63) is 65.2 Å². The van der Waals surface area contributed by atoms with Crippen molar-refractivity contribution < 1.29 is 9.59 Å². The summed E-state index contributed by atoms with van der Waals surface area (Å²) in [6.45, 7) is 3.93. The lowest BCUT2D eigenvalue weighted by molar-refractivity contribution is -0.116. The minimum Gasteiger partial charge on any atom is -0.326 e. The van der Waals surface area contributed by atoms with E-state index in [-0.39, 0.29) is 11.8 Å². The average Bonchev–Trinajstić information content (AvgIpc) is 2.57. The number of hydrogen-bond acceptors (Lipinski definition) is 3. The predicted octanol–water partition coefficient (Wildman–Crippen LogP) is 3.50. The largest absolute Gasteiger partial charge is 0.326 e. The van der Waals surface area contributed by atoms with E-state index in [1.165, 1.54) is 0 Å². The molecular weight excluding hydrogens is 302 g/mol. The molecule has 0 unspecified atom stereocenters. The van der Waals surface area contributed by atoms with Crippen LogP contribution in [0, 0.1) is 6.92 Å². The molecule has 5 heteroatoms. The lowest BCUT2D eigenvalue weighted by atomic mass is 10.1. The molecule has 5 nitrogen and oxygen atoms in total. The Bertz CT molecular complexity index is 737. The first-order chi connectivity index (χ1) is 11.6. The van der Waals surface area contributed by atoms with Gasteiger partial charge in [-0.1, -0.05) is 31.2 Å². The highest BCUT2D eigenvalue weighted by Gasteiger charge is 2.05. The number of rotatable bonds is 6. The number of benzene rings is 2. The van der Waals surface area contributed by atoms with Crippen LogP contribution in [0.5, 0.6) is 0 Å². The second-order valence-corrected chi connectivity index (χ2v) is 5.43. The van der Waals surface area contributed by atoms with E-state index in [0.29, 0.717) is 17.7 Å². The number of anilines is 1. The Morgan fingerprint density at radius 2 is 1.79 bits per heavy atom. The second-order valence-electron chi connectivity index (χ2n) is 5.43. The summed E-state index contributed by atoms with van der Waals surface area (Å²) < 4.78 is 0. The standard InChI is InChI=1S/C19H21N3O2/c1-3-6-18(23)21-17-11-9-15(10-12-17)19(24)22-20-13-16-8-5-4-7-14(16)2/h4-5,7-13H,3,6H2,1-2H3,(H,21,23)(H,22,24)/b20-13+. The highest BCUT2D eigenvalue weighted by molar-refractivity contribution is 5.96. The SMILES string of the molecule is CCCC(=O)Nc1ccc(C(=O)N/N=C/c2ccccc2C)cc1. The minimum absolute atomic E-state index is 0.0301. The molecule has 24 heavy (non-hydrogen) atoms. The van der Waals surface area contributed by atoms with Gasteiger partial charge in [-0.25, -0.2) is 5.43 Å². The maximum absolute atomic E-state index is 12.0. The molecule has 0 heterocycles. The number of hydrazone groups is 1. The van der Waals surface area contributed by atoms with Gasteiger partial charge in [0.15, 0.2) is 0 Å². The zero-order chi connectivity index (χ0) is 17.4. The molecule has 2 aromatic rings. The molecule has 2 amide bonds. The van der Waals surface area contributed by atoms with Crippen LogP contribution in [-0.4, -0.2) is 18.0 Å². The van der Waals surface area contributed by atoms with E-state index in [9.17, 15) is 9.59 Å². The highest BCUT2D eigenvalue weighted by atomic mass is 16.2. The first-order valence-corrected chi connectivity index (χ1v) is 7.89. The maximum atomic E-state index is 12.0. The van der Waals surface area contributed by atoms with Gasteiger partial charge in [-0.2, -0.15) is 5.10 Å². The van der Waals surface area contributed by atoms with Gasteiger partial charge in [0.05, 0.1) is 6.21 Å². The molecule has 0 bridgehead atoms. The molecule has 0 atom stereocenters. The minimum atomic E-state index is -0.300. The molecule has 2 N–H and O–H groups in total. The number of hydrogen-bond donors (Lipinski definition) is 2. The molecular formula is C19H21N3O2. The van der Waals surface area contributed by atoms with Gasteiger partial charge in [0.2, 0.25) is 5.91 Å². The van der Waals surface area contributed by atoms with Crippen molar-refractivity contribution >= 4 is 23.7 Å². The Morgan fingerprint density at radius 3 is 2.46 bits per heavy atom. The van der Waals surface area contributed by atoms with Crippen molar-refractivity contribution in [2.24, 2.45) is 5.10 Å². The van der Waals surface area contributed by atoms with Crippen LogP contribution in [0.1, 0.15) is 41.3 Å². The molecule has 0 aliphatic rings. The second kappa shape index (κ2) is 8.62. The quantitative estimate of drug-likeness (QED) is 0.631. The predicted molar refractivity (Wildman–Crippen MR) is 96.2 cm³/mol. The summed E-state index contributed by atoms with van der Waals surface area (Å²) >= 11 is 0. The topological polar surface area (TPSA) is 70.6 Å². The lowest BCUT2D eigenvalue weighted by Crippen LogP contribution is -2.17. The van der Waals surface area contributed by atoms with Crippen molar-refractivity contribution in [3.8, 4) is 0 Å². The van der Waals surface area contributed by atoms with E-state index >= 15 is 0 Å². The number of carbonyl (C=O) groups excluding carboxylic acids is 2. The van der Waals surface area contributed by atoms with E-state index in [2.05, 4.69) is 15.8 Å². The van der Waals surface area contributed by atoms with Gasteiger partial charge in [-0.15, -0.1) is 0 Å².